The number of rotatable bonds is 6. The van der Waals surface area contributed by atoms with Crippen molar-refractivity contribution in [1.29, 1.82) is 0 Å². The Morgan fingerprint density at radius 3 is 2.46 bits per heavy atom. The zero-order valence-electron chi connectivity index (χ0n) is 17.4. The van der Waals surface area contributed by atoms with Crippen molar-refractivity contribution in [2.24, 2.45) is 0 Å². The van der Waals surface area contributed by atoms with Crippen LogP contribution in [0.5, 0.6) is 5.75 Å². The molecule has 148 valence electrons. The Hall–Kier alpha value is -2.43. The minimum absolute atomic E-state index is 0.0447. The van der Waals surface area contributed by atoms with Crippen molar-refractivity contribution in [3.8, 4) is 5.75 Å². The average Bonchev–Trinajstić information content (AvgIpc) is 2.70. The summed E-state index contributed by atoms with van der Waals surface area (Å²) in [5.74, 6) is 0.656. The van der Waals surface area contributed by atoms with Gasteiger partial charge in [-0.25, -0.2) is 4.98 Å². The molecular formula is C24H30N2O2. The van der Waals surface area contributed by atoms with Crippen molar-refractivity contribution in [1.82, 2.24) is 10.3 Å². The van der Waals surface area contributed by atoms with Crippen LogP contribution in [0.1, 0.15) is 44.5 Å². The van der Waals surface area contributed by atoms with E-state index in [-0.39, 0.29) is 5.41 Å². The van der Waals surface area contributed by atoms with Crippen LogP contribution in [0.2, 0.25) is 0 Å². The maximum atomic E-state index is 11.9. The number of benzene rings is 2. The van der Waals surface area contributed by atoms with E-state index in [1.54, 1.807) is 7.11 Å². The lowest BCUT2D eigenvalue weighted by atomic mass is 9.81. The summed E-state index contributed by atoms with van der Waals surface area (Å²) in [6, 6.07) is 17.9. The molecule has 28 heavy (non-hydrogen) atoms. The molecule has 3 aromatic rings. The van der Waals surface area contributed by atoms with Gasteiger partial charge in [0.05, 0.1) is 18.3 Å². The first-order valence-electron chi connectivity index (χ1n) is 9.78. The summed E-state index contributed by atoms with van der Waals surface area (Å²) >= 11 is 0. The van der Waals surface area contributed by atoms with Crippen LogP contribution in [0.25, 0.3) is 10.9 Å². The molecule has 1 aromatic heterocycles. The van der Waals surface area contributed by atoms with E-state index in [4.69, 9.17) is 9.72 Å². The number of hydrogen-bond donors (Lipinski definition) is 2. The van der Waals surface area contributed by atoms with Gasteiger partial charge in [0.2, 0.25) is 0 Å². The first-order chi connectivity index (χ1) is 13.3. The van der Waals surface area contributed by atoms with Crippen LogP contribution in [0.3, 0.4) is 0 Å². The van der Waals surface area contributed by atoms with Crippen LogP contribution in [0.15, 0.2) is 54.6 Å². The van der Waals surface area contributed by atoms with E-state index in [9.17, 15) is 5.11 Å². The molecule has 0 aliphatic carbocycles. The van der Waals surface area contributed by atoms with Gasteiger partial charge in [-0.15, -0.1) is 0 Å². The van der Waals surface area contributed by atoms with Gasteiger partial charge in [-0.1, -0.05) is 58.0 Å². The van der Waals surface area contributed by atoms with E-state index in [0.29, 0.717) is 18.0 Å². The maximum Gasteiger partial charge on any atom is 0.147 e. The molecule has 0 fully saturated rings. The Balaban J connectivity index is 2.23. The molecule has 1 unspecified atom stereocenters. The van der Waals surface area contributed by atoms with Crippen LogP contribution in [-0.4, -0.2) is 30.3 Å². The van der Waals surface area contributed by atoms with Crippen molar-refractivity contribution in [3.63, 3.8) is 0 Å². The van der Waals surface area contributed by atoms with Gasteiger partial charge < -0.3 is 15.2 Å². The second kappa shape index (κ2) is 7.90. The third-order valence-electron chi connectivity index (χ3n) is 5.16. The normalized spacial score (nSPS) is 14.1. The van der Waals surface area contributed by atoms with Gasteiger partial charge in [-0.3, -0.25) is 0 Å². The van der Waals surface area contributed by atoms with Crippen molar-refractivity contribution < 1.29 is 9.84 Å². The van der Waals surface area contributed by atoms with Gasteiger partial charge in [0, 0.05) is 17.5 Å². The minimum Gasteiger partial charge on any atom is -0.496 e. The summed E-state index contributed by atoms with van der Waals surface area (Å²) in [6.07, 6.45) is 0. The molecule has 0 bridgehead atoms. The number of aliphatic hydroxyl groups is 1. The topological polar surface area (TPSA) is 54.4 Å². The maximum absolute atomic E-state index is 11.9. The highest BCUT2D eigenvalue weighted by Gasteiger charge is 2.36. The Morgan fingerprint density at radius 1 is 1.04 bits per heavy atom. The molecule has 0 radical (unpaired) electrons. The van der Waals surface area contributed by atoms with E-state index < -0.39 is 5.60 Å². The molecule has 0 aliphatic heterocycles. The number of ether oxygens (including phenoxy) is 1. The molecule has 2 aromatic carbocycles. The van der Waals surface area contributed by atoms with Crippen LogP contribution in [0.4, 0.5) is 0 Å². The molecule has 2 N–H and O–H groups in total. The zero-order valence-corrected chi connectivity index (χ0v) is 17.4. The lowest BCUT2D eigenvalue weighted by molar-refractivity contribution is 0.0734. The van der Waals surface area contributed by atoms with E-state index in [0.717, 1.165) is 28.6 Å². The molecule has 1 heterocycles. The fourth-order valence-electron chi connectivity index (χ4n) is 3.42. The molecule has 0 aliphatic rings. The second-order valence-corrected chi connectivity index (χ2v) is 8.19. The number of fused-ring (bicyclic) bond motifs is 1. The van der Waals surface area contributed by atoms with Gasteiger partial charge in [0.1, 0.15) is 11.4 Å². The minimum atomic E-state index is -1.31. The molecule has 1 atom stereocenters. The van der Waals surface area contributed by atoms with Crippen LogP contribution in [-0.2, 0) is 11.0 Å². The van der Waals surface area contributed by atoms with Crippen molar-refractivity contribution >= 4 is 10.9 Å². The number of nitrogens with one attached hydrogen (secondary N) is 1. The monoisotopic (exact) mass is 378 g/mol. The smallest absolute Gasteiger partial charge is 0.147 e. The first kappa shape index (κ1) is 20.3. The average molecular weight is 379 g/mol. The molecule has 3 rings (SSSR count). The Bertz CT molecular complexity index is 962. The summed E-state index contributed by atoms with van der Waals surface area (Å²) in [4.78, 5) is 4.80. The summed E-state index contributed by atoms with van der Waals surface area (Å²) in [5.41, 5.74) is 1.98. The second-order valence-electron chi connectivity index (χ2n) is 8.19. The Morgan fingerprint density at radius 2 is 1.79 bits per heavy atom. The molecule has 0 spiro atoms. The van der Waals surface area contributed by atoms with Gasteiger partial charge >= 0.3 is 0 Å². The Labute approximate surface area is 167 Å². The number of likely N-dealkylation sites (N-methyl/N-ethyl adjacent to an activating group) is 1. The fraction of sp³-hybridized carbons (Fsp3) is 0.375. The molecular weight excluding hydrogens is 348 g/mol. The highest BCUT2D eigenvalue weighted by atomic mass is 16.5. The van der Waals surface area contributed by atoms with Gasteiger partial charge in [0.15, 0.2) is 0 Å². The fourth-order valence-corrected chi connectivity index (χ4v) is 3.42. The molecule has 0 saturated heterocycles. The van der Waals surface area contributed by atoms with E-state index in [2.05, 4.69) is 32.2 Å². The summed E-state index contributed by atoms with van der Waals surface area (Å²) in [7, 11) is 1.64. The lowest BCUT2D eigenvalue weighted by Crippen LogP contribution is -2.40. The van der Waals surface area contributed by atoms with Crippen molar-refractivity contribution in [2.75, 3.05) is 20.2 Å². The predicted molar refractivity (Wildman–Crippen MR) is 115 cm³/mol. The first-order valence-corrected chi connectivity index (χ1v) is 9.78. The van der Waals surface area contributed by atoms with E-state index in [1.807, 2.05) is 55.5 Å². The number of nitrogens with zero attached hydrogens (tertiary/aromatic N) is 1. The lowest BCUT2D eigenvalue weighted by Gasteiger charge is -2.32. The number of hydrogen-bond acceptors (Lipinski definition) is 4. The summed E-state index contributed by atoms with van der Waals surface area (Å²) in [6.45, 7) is 9.61. The van der Waals surface area contributed by atoms with Crippen LogP contribution >= 0.6 is 0 Å². The molecule has 0 saturated carbocycles. The van der Waals surface area contributed by atoms with Crippen molar-refractivity contribution in [3.05, 3.63) is 71.4 Å². The Kier molecular flexibility index (Phi) is 5.73. The molecule has 4 nitrogen and oxygen atoms in total. The van der Waals surface area contributed by atoms with Gasteiger partial charge in [0.25, 0.3) is 0 Å². The van der Waals surface area contributed by atoms with Crippen LogP contribution in [0, 0.1) is 0 Å². The van der Waals surface area contributed by atoms with E-state index in [1.165, 1.54) is 0 Å². The van der Waals surface area contributed by atoms with Gasteiger partial charge in [-0.05, 0) is 41.8 Å². The summed E-state index contributed by atoms with van der Waals surface area (Å²) in [5, 5.41) is 16.3. The number of methoxy groups -OCH3 is 1. The SMILES string of the molecule is CCNCC(O)(c1ccc2ccccc2n1)c1cc(C(C)(C)C)ccc1OC. The number of para-hydroxylation sites is 1. The van der Waals surface area contributed by atoms with E-state index >= 15 is 0 Å². The quantitative estimate of drug-likeness (QED) is 0.668. The van der Waals surface area contributed by atoms with Crippen molar-refractivity contribution in [2.45, 2.75) is 38.7 Å². The predicted octanol–water partition coefficient (Wildman–Crippen LogP) is 4.39. The highest BCUT2D eigenvalue weighted by Crippen LogP contribution is 2.38. The standard InChI is InChI=1S/C24H30N2O2/c1-6-25-16-24(27,22-14-11-17-9-7-8-10-20(17)26-22)19-15-18(23(2,3)4)12-13-21(19)28-5/h7-15,25,27H,6,16H2,1-5H3. The number of aromatic nitrogens is 1. The molecule has 4 heteroatoms. The third kappa shape index (κ3) is 3.89. The largest absolute Gasteiger partial charge is 0.496 e. The highest BCUT2D eigenvalue weighted by molar-refractivity contribution is 5.78. The molecule has 0 amide bonds. The van der Waals surface area contributed by atoms with Crippen LogP contribution < -0.4 is 10.1 Å². The van der Waals surface area contributed by atoms with Gasteiger partial charge in [-0.2, -0.15) is 0 Å². The zero-order chi connectivity index (χ0) is 20.4. The summed E-state index contributed by atoms with van der Waals surface area (Å²) < 4.78 is 5.63. The third-order valence-corrected chi connectivity index (χ3v) is 5.16. The number of pyridine rings is 1.